The third-order valence-corrected chi connectivity index (χ3v) is 4.16. The molecule has 0 fully saturated rings. The molecule has 0 radical (unpaired) electrons. The Bertz CT molecular complexity index is 667. The topological polar surface area (TPSA) is 75.6 Å². The number of nitrogens with one attached hydrogen (secondary N) is 1. The van der Waals surface area contributed by atoms with Gasteiger partial charge in [-0.15, -0.1) is 11.3 Å². The minimum Gasteiger partial charge on any atom is -0.496 e. The van der Waals surface area contributed by atoms with E-state index in [9.17, 15) is 9.59 Å². The second-order valence-electron chi connectivity index (χ2n) is 4.84. The molecular formula is C16H17NO4S. The normalized spacial score (nSPS) is 11.7. The number of hydrogen-bond donors (Lipinski definition) is 2. The SMILES string of the molecule is COc1ccc(C)cc1C(=O)N[C@@H](CC(=O)O)c1cccs1. The lowest BCUT2D eigenvalue weighted by molar-refractivity contribution is -0.137. The van der Waals surface area contributed by atoms with Crippen LogP contribution in [0.15, 0.2) is 35.7 Å². The molecule has 0 unspecified atom stereocenters. The minimum absolute atomic E-state index is 0.166. The summed E-state index contributed by atoms with van der Waals surface area (Å²) in [6.07, 6.45) is -0.166. The van der Waals surface area contributed by atoms with Crippen molar-refractivity contribution in [2.75, 3.05) is 7.11 Å². The van der Waals surface area contributed by atoms with Crippen molar-refractivity contribution in [3.05, 3.63) is 51.7 Å². The van der Waals surface area contributed by atoms with Crippen LogP contribution < -0.4 is 10.1 Å². The van der Waals surface area contributed by atoms with E-state index >= 15 is 0 Å². The van der Waals surface area contributed by atoms with E-state index in [-0.39, 0.29) is 12.3 Å². The molecule has 1 aromatic carbocycles. The number of amides is 1. The summed E-state index contributed by atoms with van der Waals surface area (Å²) < 4.78 is 5.20. The molecule has 5 nitrogen and oxygen atoms in total. The molecule has 1 amide bonds. The van der Waals surface area contributed by atoms with Crippen LogP contribution in [0, 0.1) is 6.92 Å². The maximum absolute atomic E-state index is 12.5. The number of carbonyl (C=O) groups is 2. The second kappa shape index (κ2) is 7.09. The first kappa shape index (κ1) is 16.0. The maximum Gasteiger partial charge on any atom is 0.305 e. The second-order valence-corrected chi connectivity index (χ2v) is 5.82. The van der Waals surface area contributed by atoms with E-state index in [4.69, 9.17) is 9.84 Å². The van der Waals surface area contributed by atoms with Crippen LogP contribution in [0.3, 0.4) is 0 Å². The van der Waals surface area contributed by atoms with Crippen LogP contribution in [-0.2, 0) is 4.79 Å². The van der Waals surface area contributed by atoms with E-state index in [1.165, 1.54) is 18.4 Å². The van der Waals surface area contributed by atoms with Gasteiger partial charge in [-0.3, -0.25) is 9.59 Å². The van der Waals surface area contributed by atoms with Crippen molar-refractivity contribution in [1.82, 2.24) is 5.32 Å². The molecule has 1 atom stereocenters. The monoisotopic (exact) mass is 319 g/mol. The number of thiophene rings is 1. The molecule has 0 bridgehead atoms. The van der Waals surface area contributed by atoms with E-state index in [0.717, 1.165) is 10.4 Å². The zero-order chi connectivity index (χ0) is 16.1. The lowest BCUT2D eigenvalue weighted by Gasteiger charge is -2.17. The summed E-state index contributed by atoms with van der Waals surface area (Å²) in [4.78, 5) is 24.3. The molecule has 0 spiro atoms. The van der Waals surface area contributed by atoms with Gasteiger partial charge in [0.2, 0.25) is 0 Å². The fourth-order valence-corrected chi connectivity index (χ4v) is 2.90. The Kier molecular flexibility index (Phi) is 5.16. The Morgan fingerprint density at radius 1 is 1.36 bits per heavy atom. The number of aryl methyl sites for hydroxylation is 1. The number of benzene rings is 1. The van der Waals surface area contributed by atoms with Crippen LogP contribution in [-0.4, -0.2) is 24.1 Å². The van der Waals surface area contributed by atoms with Gasteiger partial charge in [0.15, 0.2) is 0 Å². The first-order chi connectivity index (χ1) is 10.5. The highest BCUT2D eigenvalue weighted by molar-refractivity contribution is 7.10. The predicted octanol–water partition coefficient (Wildman–Crippen LogP) is 3.01. The summed E-state index contributed by atoms with van der Waals surface area (Å²) in [5, 5.41) is 13.7. The molecule has 1 aromatic heterocycles. The number of carboxylic acids is 1. The van der Waals surface area contributed by atoms with Crippen molar-refractivity contribution in [3.8, 4) is 5.75 Å². The molecule has 0 aliphatic rings. The fraction of sp³-hybridized carbons (Fsp3) is 0.250. The third-order valence-electron chi connectivity index (χ3n) is 3.17. The number of methoxy groups -OCH3 is 1. The molecule has 6 heteroatoms. The summed E-state index contributed by atoms with van der Waals surface area (Å²) in [5.41, 5.74) is 1.33. The molecule has 2 rings (SSSR count). The number of carbonyl (C=O) groups excluding carboxylic acids is 1. The Labute approximate surface area is 132 Å². The van der Waals surface area contributed by atoms with Crippen LogP contribution in [0.1, 0.15) is 33.3 Å². The molecule has 2 N–H and O–H groups in total. The van der Waals surface area contributed by atoms with Crippen LogP contribution in [0.5, 0.6) is 5.75 Å². The highest BCUT2D eigenvalue weighted by Gasteiger charge is 2.21. The van der Waals surface area contributed by atoms with Gasteiger partial charge in [-0.1, -0.05) is 17.7 Å². The third kappa shape index (κ3) is 3.85. The Balaban J connectivity index is 2.24. The van der Waals surface area contributed by atoms with Gasteiger partial charge in [0, 0.05) is 4.88 Å². The number of hydrogen-bond acceptors (Lipinski definition) is 4. The van der Waals surface area contributed by atoms with E-state index in [1.807, 2.05) is 30.5 Å². The summed E-state index contributed by atoms with van der Waals surface area (Å²) >= 11 is 1.41. The number of aliphatic carboxylic acids is 1. The Morgan fingerprint density at radius 3 is 2.73 bits per heavy atom. The van der Waals surface area contributed by atoms with Gasteiger partial charge in [-0.05, 0) is 30.5 Å². The van der Waals surface area contributed by atoms with Crippen molar-refractivity contribution in [3.63, 3.8) is 0 Å². The van der Waals surface area contributed by atoms with Gasteiger partial charge >= 0.3 is 5.97 Å². The average Bonchev–Trinajstić information content (AvgIpc) is 3.00. The number of carboxylic acid groups (broad SMARTS) is 1. The molecule has 116 valence electrons. The van der Waals surface area contributed by atoms with E-state index in [0.29, 0.717) is 11.3 Å². The molecule has 22 heavy (non-hydrogen) atoms. The first-order valence-electron chi connectivity index (χ1n) is 6.72. The molecule has 0 saturated heterocycles. The average molecular weight is 319 g/mol. The largest absolute Gasteiger partial charge is 0.496 e. The molecule has 0 aliphatic carbocycles. The van der Waals surface area contributed by atoms with Gasteiger partial charge in [0.1, 0.15) is 5.75 Å². The quantitative estimate of drug-likeness (QED) is 0.858. The molecule has 2 aromatic rings. The Hall–Kier alpha value is -2.34. The minimum atomic E-state index is -0.963. The van der Waals surface area contributed by atoms with Crippen LogP contribution in [0.2, 0.25) is 0 Å². The van der Waals surface area contributed by atoms with Crippen molar-refractivity contribution >= 4 is 23.2 Å². The predicted molar refractivity (Wildman–Crippen MR) is 84.5 cm³/mol. The zero-order valence-electron chi connectivity index (χ0n) is 12.3. The fourth-order valence-electron chi connectivity index (χ4n) is 2.12. The lowest BCUT2D eigenvalue weighted by Crippen LogP contribution is -2.30. The summed E-state index contributed by atoms with van der Waals surface area (Å²) in [7, 11) is 1.50. The summed E-state index contributed by atoms with van der Waals surface area (Å²) in [5.74, 6) is -0.849. The van der Waals surface area contributed by atoms with Crippen molar-refractivity contribution in [2.24, 2.45) is 0 Å². The number of rotatable bonds is 6. The first-order valence-corrected chi connectivity index (χ1v) is 7.60. The highest BCUT2D eigenvalue weighted by Crippen LogP contribution is 2.25. The van der Waals surface area contributed by atoms with E-state index < -0.39 is 12.0 Å². The standard InChI is InChI=1S/C16H17NO4S/c1-10-5-6-13(21-2)11(8-10)16(20)17-12(9-15(18)19)14-4-3-7-22-14/h3-8,12H,9H2,1-2H3,(H,17,20)(H,18,19)/t12-/m0/s1. The van der Waals surface area contributed by atoms with Gasteiger partial charge in [-0.2, -0.15) is 0 Å². The molecule has 0 saturated carbocycles. The van der Waals surface area contributed by atoms with Crippen molar-refractivity contribution in [1.29, 1.82) is 0 Å². The zero-order valence-corrected chi connectivity index (χ0v) is 13.1. The number of ether oxygens (including phenoxy) is 1. The van der Waals surface area contributed by atoms with Crippen LogP contribution >= 0.6 is 11.3 Å². The van der Waals surface area contributed by atoms with Gasteiger partial charge in [0.05, 0.1) is 25.1 Å². The molecule has 1 heterocycles. The smallest absolute Gasteiger partial charge is 0.305 e. The summed E-state index contributed by atoms with van der Waals surface area (Å²) in [6.45, 7) is 1.88. The maximum atomic E-state index is 12.5. The van der Waals surface area contributed by atoms with E-state index in [1.54, 1.807) is 12.1 Å². The van der Waals surface area contributed by atoms with Crippen molar-refractivity contribution in [2.45, 2.75) is 19.4 Å². The van der Waals surface area contributed by atoms with E-state index in [2.05, 4.69) is 5.32 Å². The van der Waals surface area contributed by atoms with Crippen LogP contribution in [0.4, 0.5) is 0 Å². The van der Waals surface area contributed by atoms with Gasteiger partial charge < -0.3 is 15.2 Å². The van der Waals surface area contributed by atoms with Crippen molar-refractivity contribution < 1.29 is 19.4 Å². The lowest BCUT2D eigenvalue weighted by atomic mass is 10.1. The molecule has 0 aliphatic heterocycles. The summed E-state index contributed by atoms with van der Waals surface area (Å²) in [6, 6.07) is 8.38. The highest BCUT2D eigenvalue weighted by atomic mass is 32.1. The molecular weight excluding hydrogens is 302 g/mol. The van der Waals surface area contributed by atoms with Gasteiger partial charge in [0.25, 0.3) is 5.91 Å². The van der Waals surface area contributed by atoms with Gasteiger partial charge in [-0.25, -0.2) is 0 Å². The van der Waals surface area contributed by atoms with Crippen LogP contribution in [0.25, 0.3) is 0 Å². The Morgan fingerprint density at radius 2 is 2.14 bits per heavy atom.